The number of hydrogen-bond acceptors (Lipinski definition) is 6. The van der Waals surface area contributed by atoms with Gasteiger partial charge in [0.15, 0.2) is 11.5 Å². The molecule has 2 amide bonds. The highest BCUT2D eigenvalue weighted by Crippen LogP contribution is 2.25. The third kappa shape index (κ3) is 8.93. The smallest absolute Gasteiger partial charge is 0.229 e. The van der Waals surface area contributed by atoms with E-state index in [1.54, 1.807) is 19.2 Å². The van der Waals surface area contributed by atoms with Crippen LogP contribution >= 0.6 is 0 Å². The highest BCUT2D eigenvalue weighted by atomic mass is 16.5. The average Bonchev–Trinajstić information content (AvgIpc) is 2.77. The van der Waals surface area contributed by atoms with E-state index < -0.39 is 6.10 Å². The fourth-order valence-corrected chi connectivity index (χ4v) is 2.61. The lowest BCUT2D eigenvalue weighted by Crippen LogP contribution is -2.38. The lowest BCUT2D eigenvalue weighted by molar-refractivity contribution is -0.129. The second-order valence-corrected chi connectivity index (χ2v) is 6.61. The van der Waals surface area contributed by atoms with Crippen molar-refractivity contribution in [2.75, 3.05) is 33.4 Å². The maximum atomic E-state index is 11.8. The number of nitrogens with one attached hydrogen (secondary N) is 3. The third-order valence-electron chi connectivity index (χ3n) is 4.16. The average molecular weight is 415 g/mol. The first-order valence-corrected chi connectivity index (χ1v) is 9.80. The van der Waals surface area contributed by atoms with Crippen molar-refractivity contribution in [1.82, 2.24) is 16.0 Å². The number of aliphatic hydroxyl groups excluding tert-OH is 1. The fraction of sp³-hybridized carbons (Fsp3) is 0.364. The quantitative estimate of drug-likeness (QED) is 0.285. The summed E-state index contributed by atoms with van der Waals surface area (Å²) < 4.78 is 10.7. The number of amides is 2. The zero-order valence-electron chi connectivity index (χ0n) is 17.1. The van der Waals surface area contributed by atoms with Crippen LogP contribution in [0.5, 0.6) is 11.5 Å². The van der Waals surface area contributed by atoms with Crippen molar-refractivity contribution in [3.05, 3.63) is 60.2 Å². The Hall–Kier alpha value is -3.10. The van der Waals surface area contributed by atoms with Crippen molar-refractivity contribution >= 4 is 11.8 Å². The van der Waals surface area contributed by atoms with Gasteiger partial charge in [0.25, 0.3) is 0 Å². The van der Waals surface area contributed by atoms with E-state index >= 15 is 0 Å². The Kier molecular flexibility index (Phi) is 10.2. The summed E-state index contributed by atoms with van der Waals surface area (Å²) in [5.74, 6) is 0.501. The Morgan fingerprint density at radius 1 is 0.933 bits per heavy atom. The number of rotatable bonds is 13. The first kappa shape index (κ1) is 23.2. The van der Waals surface area contributed by atoms with Crippen molar-refractivity contribution in [3.63, 3.8) is 0 Å². The molecule has 0 heterocycles. The van der Waals surface area contributed by atoms with Crippen LogP contribution in [0.1, 0.15) is 12.0 Å². The minimum atomic E-state index is -0.714. The van der Waals surface area contributed by atoms with Gasteiger partial charge in [0, 0.05) is 26.2 Å². The maximum absolute atomic E-state index is 11.8. The Bertz CT molecular complexity index is 785. The molecule has 8 nitrogen and oxygen atoms in total. The summed E-state index contributed by atoms with van der Waals surface area (Å²) in [6, 6.07) is 16.7. The van der Waals surface area contributed by atoms with Crippen LogP contribution in [0, 0.1) is 0 Å². The van der Waals surface area contributed by atoms with Gasteiger partial charge in [-0.15, -0.1) is 0 Å². The van der Waals surface area contributed by atoms with E-state index in [1.807, 2.05) is 42.5 Å². The van der Waals surface area contributed by atoms with Crippen LogP contribution in [0.2, 0.25) is 0 Å². The highest BCUT2D eigenvalue weighted by molar-refractivity contribution is 5.96. The zero-order chi connectivity index (χ0) is 21.6. The Balaban J connectivity index is 1.52. The number of carbonyl (C=O) groups is 2. The van der Waals surface area contributed by atoms with E-state index in [0.717, 1.165) is 5.56 Å². The predicted molar refractivity (Wildman–Crippen MR) is 113 cm³/mol. The summed E-state index contributed by atoms with van der Waals surface area (Å²) in [5, 5.41) is 18.4. The molecule has 0 bridgehead atoms. The molecule has 4 N–H and O–H groups in total. The van der Waals surface area contributed by atoms with Gasteiger partial charge in [-0.05, 0) is 17.7 Å². The number of para-hydroxylation sites is 2. The molecule has 0 aliphatic heterocycles. The Morgan fingerprint density at radius 3 is 2.33 bits per heavy atom. The summed E-state index contributed by atoms with van der Waals surface area (Å²) in [5.41, 5.74) is 0.976. The van der Waals surface area contributed by atoms with Crippen molar-refractivity contribution in [2.24, 2.45) is 0 Å². The molecule has 1 unspecified atom stereocenters. The number of methoxy groups -OCH3 is 1. The number of carbonyl (C=O) groups excluding carboxylic acids is 2. The molecule has 0 fully saturated rings. The second kappa shape index (κ2) is 13.2. The van der Waals surface area contributed by atoms with Crippen LogP contribution in [-0.4, -0.2) is 56.4 Å². The lowest BCUT2D eigenvalue weighted by atomic mass is 10.2. The second-order valence-electron chi connectivity index (χ2n) is 6.61. The third-order valence-corrected chi connectivity index (χ3v) is 4.16. The van der Waals surface area contributed by atoms with Gasteiger partial charge in [-0.3, -0.25) is 9.59 Å². The summed E-state index contributed by atoms with van der Waals surface area (Å²) in [6.45, 7) is 1.63. The minimum Gasteiger partial charge on any atom is -0.493 e. The first-order valence-electron chi connectivity index (χ1n) is 9.80. The van der Waals surface area contributed by atoms with Gasteiger partial charge >= 0.3 is 0 Å². The molecular weight excluding hydrogens is 386 g/mol. The van der Waals surface area contributed by atoms with E-state index in [9.17, 15) is 14.7 Å². The van der Waals surface area contributed by atoms with Gasteiger partial charge < -0.3 is 30.5 Å². The van der Waals surface area contributed by atoms with Gasteiger partial charge in [-0.1, -0.05) is 42.5 Å². The number of hydrogen-bond donors (Lipinski definition) is 4. The van der Waals surface area contributed by atoms with Crippen LogP contribution in [0.4, 0.5) is 0 Å². The van der Waals surface area contributed by atoms with Crippen LogP contribution in [-0.2, 0) is 16.1 Å². The van der Waals surface area contributed by atoms with E-state index in [4.69, 9.17) is 9.47 Å². The molecule has 0 radical (unpaired) electrons. The molecule has 2 rings (SSSR count). The standard InChI is InChI=1S/C22H29N3O5/c1-29-19-9-5-6-10-20(19)30-16-18(26)15-23-11-12-24-21(27)13-22(28)25-14-17-7-3-2-4-8-17/h2-10,18,23,26H,11-16H2,1H3,(H,24,27)(H,25,28). The lowest BCUT2D eigenvalue weighted by Gasteiger charge is -2.15. The molecule has 0 aromatic heterocycles. The number of benzene rings is 2. The van der Waals surface area contributed by atoms with Crippen molar-refractivity contribution < 1.29 is 24.2 Å². The van der Waals surface area contributed by atoms with Gasteiger partial charge in [0.1, 0.15) is 19.1 Å². The Morgan fingerprint density at radius 2 is 1.60 bits per heavy atom. The molecule has 1 atom stereocenters. The highest BCUT2D eigenvalue weighted by Gasteiger charge is 2.10. The fourth-order valence-electron chi connectivity index (χ4n) is 2.61. The molecule has 2 aromatic carbocycles. The molecule has 30 heavy (non-hydrogen) atoms. The molecule has 0 spiro atoms. The summed E-state index contributed by atoms with van der Waals surface area (Å²) in [4.78, 5) is 23.6. The van der Waals surface area contributed by atoms with Crippen LogP contribution in [0.25, 0.3) is 0 Å². The molecule has 0 aliphatic rings. The van der Waals surface area contributed by atoms with Gasteiger partial charge in [0.05, 0.1) is 7.11 Å². The summed E-state index contributed by atoms with van der Waals surface area (Å²) in [7, 11) is 1.56. The molecule has 0 saturated heterocycles. The summed E-state index contributed by atoms with van der Waals surface area (Å²) in [6.07, 6.45) is -0.934. The summed E-state index contributed by atoms with van der Waals surface area (Å²) >= 11 is 0. The van der Waals surface area contributed by atoms with Crippen molar-refractivity contribution in [1.29, 1.82) is 0 Å². The topological polar surface area (TPSA) is 109 Å². The normalized spacial score (nSPS) is 11.4. The minimum absolute atomic E-state index is 0.112. The molecule has 2 aromatic rings. The van der Waals surface area contributed by atoms with Crippen LogP contribution < -0.4 is 25.4 Å². The largest absolute Gasteiger partial charge is 0.493 e. The van der Waals surface area contributed by atoms with E-state index in [1.165, 1.54) is 0 Å². The van der Waals surface area contributed by atoms with E-state index in [-0.39, 0.29) is 24.8 Å². The van der Waals surface area contributed by atoms with E-state index in [2.05, 4.69) is 16.0 Å². The SMILES string of the molecule is COc1ccccc1OCC(O)CNCCNC(=O)CC(=O)NCc1ccccc1. The van der Waals surface area contributed by atoms with Gasteiger partial charge in [-0.2, -0.15) is 0 Å². The van der Waals surface area contributed by atoms with Gasteiger partial charge in [-0.25, -0.2) is 0 Å². The first-order chi connectivity index (χ1) is 14.6. The van der Waals surface area contributed by atoms with Crippen LogP contribution in [0.3, 0.4) is 0 Å². The zero-order valence-corrected chi connectivity index (χ0v) is 17.1. The predicted octanol–water partition coefficient (Wildman–Crippen LogP) is 0.847. The number of ether oxygens (including phenoxy) is 2. The van der Waals surface area contributed by atoms with Crippen LogP contribution in [0.15, 0.2) is 54.6 Å². The van der Waals surface area contributed by atoms with Crippen molar-refractivity contribution in [3.8, 4) is 11.5 Å². The van der Waals surface area contributed by atoms with Crippen molar-refractivity contribution in [2.45, 2.75) is 19.1 Å². The number of aliphatic hydroxyl groups is 1. The van der Waals surface area contributed by atoms with E-state index in [0.29, 0.717) is 37.7 Å². The van der Waals surface area contributed by atoms with Gasteiger partial charge in [0.2, 0.25) is 11.8 Å². The molecule has 0 aliphatic carbocycles. The Labute approximate surface area is 176 Å². The molecule has 8 heteroatoms. The monoisotopic (exact) mass is 415 g/mol. The molecule has 0 saturated carbocycles. The molecular formula is C22H29N3O5. The maximum Gasteiger partial charge on any atom is 0.229 e. The molecule has 162 valence electrons.